The first-order valence-electron chi connectivity index (χ1n) is 9.89. The van der Waals surface area contributed by atoms with Crippen LogP contribution in [0.2, 0.25) is 10.3 Å². The molecule has 0 N–H and O–H groups in total. The Morgan fingerprint density at radius 2 is 1.76 bits per heavy atom. The number of Topliss-reactive ketones (excluding diaryl/α,β-unsaturated/α-hetero) is 1. The molecule has 0 spiro atoms. The van der Waals surface area contributed by atoms with E-state index < -0.39 is 9.84 Å². The lowest BCUT2D eigenvalue weighted by atomic mass is 9.79. The molecule has 1 aliphatic carbocycles. The summed E-state index contributed by atoms with van der Waals surface area (Å²) in [5.74, 6) is 0.673. The molecule has 0 radical (unpaired) electrons. The van der Waals surface area contributed by atoms with Crippen molar-refractivity contribution in [1.82, 2.24) is 9.55 Å². The number of halogens is 2. The molecule has 1 saturated carbocycles. The maximum atomic E-state index is 12.7. The zero-order valence-corrected chi connectivity index (χ0v) is 19.0. The van der Waals surface area contributed by atoms with Crippen molar-refractivity contribution in [2.45, 2.75) is 51.2 Å². The Morgan fingerprint density at radius 3 is 2.28 bits per heavy atom. The maximum Gasteiger partial charge on any atom is 0.166 e. The van der Waals surface area contributed by atoms with Crippen LogP contribution in [0.1, 0.15) is 45.1 Å². The van der Waals surface area contributed by atoms with E-state index in [-0.39, 0.29) is 33.8 Å². The van der Waals surface area contributed by atoms with Crippen molar-refractivity contribution >= 4 is 38.8 Å². The summed E-state index contributed by atoms with van der Waals surface area (Å²) in [6.07, 6.45) is 5.11. The monoisotopic (exact) mass is 456 g/mol. The highest BCUT2D eigenvalue weighted by Gasteiger charge is 2.29. The van der Waals surface area contributed by atoms with E-state index in [4.69, 9.17) is 23.2 Å². The van der Waals surface area contributed by atoms with Crippen LogP contribution in [0, 0.1) is 11.8 Å². The number of hydrogen-bond donors (Lipinski definition) is 0. The Balaban J connectivity index is 1.54. The zero-order chi connectivity index (χ0) is 21.2. The summed E-state index contributed by atoms with van der Waals surface area (Å²) in [5, 5.41) is 0.271. The van der Waals surface area contributed by atoms with E-state index in [1.54, 1.807) is 24.7 Å². The molecule has 0 atom stereocenters. The van der Waals surface area contributed by atoms with E-state index in [0.717, 1.165) is 36.9 Å². The third-order valence-corrected chi connectivity index (χ3v) is 8.86. The van der Waals surface area contributed by atoms with Gasteiger partial charge in [0.2, 0.25) is 0 Å². The first-order valence-corrected chi connectivity index (χ1v) is 12.4. The molecule has 0 amide bonds. The summed E-state index contributed by atoms with van der Waals surface area (Å²) in [5.41, 5.74) is 1.78. The van der Waals surface area contributed by atoms with Crippen molar-refractivity contribution in [3.63, 3.8) is 0 Å². The number of hydrogen-bond acceptors (Lipinski definition) is 4. The predicted octanol–water partition coefficient (Wildman–Crippen LogP) is 4.92. The van der Waals surface area contributed by atoms with Crippen LogP contribution >= 0.6 is 23.2 Å². The molecule has 3 rings (SSSR count). The molecule has 2 aromatic rings. The van der Waals surface area contributed by atoms with Gasteiger partial charge in [-0.2, -0.15) is 0 Å². The van der Waals surface area contributed by atoms with Gasteiger partial charge in [0.05, 0.1) is 11.0 Å². The minimum absolute atomic E-state index is 0.0228. The molecule has 5 nitrogen and oxygen atoms in total. The largest absolute Gasteiger partial charge is 0.299 e. The lowest BCUT2D eigenvalue weighted by molar-refractivity contribution is -0.123. The van der Waals surface area contributed by atoms with Crippen molar-refractivity contribution in [2.24, 2.45) is 11.8 Å². The predicted molar refractivity (Wildman–Crippen MR) is 117 cm³/mol. The Hall–Kier alpha value is -1.37. The summed E-state index contributed by atoms with van der Waals surface area (Å²) in [6.45, 7) is 3.45. The topological polar surface area (TPSA) is 69.0 Å². The van der Waals surface area contributed by atoms with Crippen LogP contribution in [0.5, 0.6) is 0 Å². The van der Waals surface area contributed by atoms with E-state index in [9.17, 15) is 13.2 Å². The second-order valence-electron chi connectivity index (χ2n) is 8.10. The van der Waals surface area contributed by atoms with Crippen molar-refractivity contribution in [3.8, 4) is 5.69 Å². The molecule has 1 fully saturated rings. The molecule has 0 unspecified atom stereocenters. The normalized spacial score (nSPS) is 20.2. The molecule has 1 aromatic carbocycles. The lowest BCUT2D eigenvalue weighted by Gasteiger charge is -2.28. The summed E-state index contributed by atoms with van der Waals surface area (Å²) >= 11 is 12.0. The molecular formula is C21H26Cl2N2O3S. The number of benzene rings is 1. The molecule has 1 aliphatic rings. The lowest BCUT2D eigenvalue weighted by Crippen LogP contribution is -2.29. The third-order valence-electron chi connectivity index (χ3n) is 5.75. The Morgan fingerprint density at radius 1 is 1.14 bits per heavy atom. The van der Waals surface area contributed by atoms with Gasteiger partial charge in [0.25, 0.3) is 0 Å². The van der Waals surface area contributed by atoms with Crippen molar-refractivity contribution < 1.29 is 13.2 Å². The smallest absolute Gasteiger partial charge is 0.166 e. The molecule has 158 valence electrons. The number of ketones is 1. The fourth-order valence-corrected chi connectivity index (χ4v) is 5.48. The number of sulfone groups is 1. The van der Waals surface area contributed by atoms with Crippen LogP contribution in [0.4, 0.5) is 0 Å². The maximum absolute atomic E-state index is 12.7. The van der Waals surface area contributed by atoms with Gasteiger partial charge in [0.15, 0.2) is 20.1 Å². The highest BCUT2D eigenvalue weighted by molar-refractivity contribution is 7.91. The minimum atomic E-state index is -3.02. The van der Waals surface area contributed by atoms with E-state index in [0.29, 0.717) is 11.6 Å². The summed E-state index contributed by atoms with van der Waals surface area (Å²) in [4.78, 5) is 16.7. The molecular weight excluding hydrogens is 431 g/mol. The molecule has 8 heteroatoms. The van der Waals surface area contributed by atoms with Crippen LogP contribution in [-0.4, -0.2) is 34.8 Å². The van der Waals surface area contributed by atoms with Gasteiger partial charge in [-0.05, 0) is 63.1 Å². The molecule has 0 bridgehead atoms. The van der Waals surface area contributed by atoms with Crippen LogP contribution in [0.25, 0.3) is 5.69 Å². The van der Waals surface area contributed by atoms with Gasteiger partial charge in [0, 0.05) is 18.0 Å². The standard InChI is InChI=1S/C21H26Cl2N2O3S/c1-14(2)29(27,28)12-16-3-7-17(8-4-16)19(26)11-15-5-9-18(10-6-15)25-13-24-20(22)21(25)23/h5-6,9-10,13-14,16-17H,3-4,7-8,11-12H2,1-2H3. The van der Waals surface area contributed by atoms with Gasteiger partial charge >= 0.3 is 0 Å². The van der Waals surface area contributed by atoms with E-state index >= 15 is 0 Å². The molecule has 29 heavy (non-hydrogen) atoms. The average molecular weight is 457 g/mol. The zero-order valence-electron chi connectivity index (χ0n) is 16.6. The number of carbonyl (C=O) groups is 1. The Bertz CT molecular complexity index is 960. The number of carbonyl (C=O) groups excluding carboxylic acids is 1. The fraction of sp³-hybridized carbons (Fsp3) is 0.524. The van der Waals surface area contributed by atoms with Gasteiger partial charge < -0.3 is 0 Å². The quantitative estimate of drug-likeness (QED) is 0.592. The fourth-order valence-electron chi connectivity index (χ4n) is 3.78. The molecule has 1 aromatic heterocycles. The highest BCUT2D eigenvalue weighted by Crippen LogP contribution is 2.32. The average Bonchev–Trinajstić information content (AvgIpc) is 3.01. The first-order chi connectivity index (χ1) is 13.7. The highest BCUT2D eigenvalue weighted by atomic mass is 35.5. The Kier molecular flexibility index (Phi) is 7.07. The second kappa shape index (κ2) is 9.19. The number of nitrogens with zero attached hydrogens (tertiary/aromatic N) is 2. The summed E-state index contributed by atoms with van der Waals surface area (Å²) in [6, 6.07) is 7.61. The Labute approximate surface area is 182 Å². The van der Waals surface area contributed by atoms with Crippen LogP contribution in [0.15, 0.2) is 30.6 Å². The van der Waals surface area contributed by atoms with Gasteiger partial charge in [-0.15, -0.1) is 0 Å². The van der Waals surface area contributed by atoms with Gasteiger partial charge in [-0.1, -0.05) is 35.3 Å². The van der Waals surface area contributed by atoms with Gasteiger partial charge in [-0.3, -0.25) is 9.36 Å². The second-order valence-corrected chi connectivity index (χ2v) is 11.4. The summed E-state index contributed by atoms with van der Waals surface area (Å²) < 4.78 is 25.9. The van der Waals surface area contributed by atoms with Crippen molar-refractivity contribution in [2.75, 3.05) is 5.75 Å². The van der Waals surface area contributed by atoms with E-state index in [2.05, 4.69) is 4.98 Å². The number of rotatable bonds is 7. The van der Waals surface area contributed by atoms with Crippen LogP contribution in [-0.2, 0) is 21.1 Å². The minimum Gasteiger partial charge on any atom is -0.299 e. The first kappa shape index (κ1) is 22.3. The van der Waals surface area contributed by atoms with E-state index in [1.165, 1.54) is 0 Å². The van der Waals surface area contributed by atoms with Gasteiger partial charge in [0.1, 0.15) is 12.1 Å². The van der Waals surface area contributed by atoms with Crippen LogP contribution < -0.4 is 0 Å². The SMILES string of the molecule is CC(C)S(=O)(=O)CC1CCC(C(=O)Cc2ccc(-n3cnc(Cl)c3Cl)cc2)CC1. The van der Waals surface area contributed by atoms with Crippen molar-refractivity contribution in [3.05, 3.63) is 46.5 Å². The molecule has 0 aliphatic heterocycles. The summed E-state index contributed by atoms with van der Waals surface area (Å²) in [7, 11) is -3.02. The van der Waals surface area contributed by atoms with Crippen LogP contribution in [0.3, 0.4) is 0 Å². The molecule has 0 saturated heterocycles. The van der Waals surface area contributed by atoms with Crippen molar-refractivity contribution in [1.29, 1.82) is 0 Å². The third kappa shape index (κ3) is 5.41. The number of aromatic nitrogens is 2. The van der Waals surface area contributed by atoms with Gasteiger partial charge in [-0.25, -0.2) is 13.4 Å². The molecule has 1 heterocycles. The van der Waals surface area contributed by atoms with E-state index in [1.807, 2.05) is 24.3 Å². The number of imidazole rings is 1.